The third-order valence-corrected chi connectivity index (χ3v) is 30.7. The number of hydrogen-bond acceptors (Lipinski definition) is 22. The number of aliphatic carboxylic acids is 1. The van der Waals surface area contributed by atoms with Gasteiger partial charge in [0.1, 0.15) is 30.5 Å². The van der Waals surface area contributed by atoms with E-state index in [9.17, 15) is 53.5 Å². The molecule has 9 rings (SSSR count). The number of carboxylic acid groups (broad SMARTS) is 1. The van der Waals surface area contributed by atoms with Crippen LogP contribution in [-0.4, -0.2) is 162 Å². The van der Waals surface area contributed by atoms with Crippen molar-refractivity contribution in [3.05, 3.63) is 168 Å². The maximum Gasteiger partial charge on any atom is 0.373 e. The number of ether oxygens (including phenoxy) is 6. The van der Waals surface area contributed by atoms with Gasteiger partial charge in [-0.3, -0.25) is 38.4 Å². The average Bonchev–Trinajstić information content (AvgIpc) is 1.52. The van der Waals surface area contributed by atoms with E-state index in [2.05, 4.69) is 207 Å². The molecule has 0 unspecified atom stereocenters. The van der Waals surface area contributed by atoms with Crippen LogP contribution in [0.5, 0.6) is 0 Å². The van der Waals surface area contributed by atoms with Crippen molar-refractivity contribution in [1.82, 2.24) is 10.5 Å². The molecule has 5 fully saturated rings. The predicted octanol–water partition coefficient (Wildman–Crippen LogP) is 23.3. The fourth-order valence-electron chi connectivity index (χ4n) is 18.3. The van der Waals surface area contributed by atoms with Crippen LogP contribution in [0.3, 0.4) is 0 Å². The van der Waals surface area contributed by atoms with E-state index in [1.165, 1.54) is 37.9 Å². The molecule has 0 amide bonds. The number of carbonyl (C=O) groups excluding carboxylic acids is 7. The molecule has 4 aromatic carbocycles. The average molecular weight is 2150 g/mol. The molecule has 0 aliphatic carbocycles. The van der Waals surface area contributed by atoms with Gasteiger partial charge in [-0.15, -0.1) is 0 Å². The molecule has 5 aliphatic rings. The third kappa shape index (κ3) is 41.0. The summed E-state index contributed by atoms with van der Waals surface area (Å²) in [6, 6.07) is 25.0. The molecular weight excluding hydrogens is 1990 g/mol. The summed E-state index contributed by atoms with van der Waals surface area (Å²) in [6.45, 7) is 53.0. The number of Topliss-reactive ketones (excluding diaryl/α,β-unsaturated/α-hetero) is 1. The van der Waals surface area contributed by atoms with Crippen molar-refractivity contribution >= 4 is 120 Å². The Morgan fingerprint density at radius 2 is 0.777 bits per heavy atom. The van der Waals surface area contributed by atoms with Crippen LogP contribution < -0.4 is 10.5 Å². The molecule has 5 heterocycles. The van der Waals surface area contributed by atoms with Gasteiger partial charge in [0.05, 0.1) is 73.5 Å². The van der Waals surface area contributed by atoms with Crippen LogP contribution >= 0.6 is 59.4 Å². The van der Waals surface area contributed by atoms with Crippen LogP contribution in [0.15, 0.2) is 108 Å². The lowest BCUT2D eigenvalue weighted by molar-refractivity contribution is -0.147. The Balaban J connectivity index is 0.000000358. The van der Waals surface area contributed by atoms with E-state index in [1.807, 2.05) is 126 Å². The molecule has 6 N–H and O–H groups in total. The van der Waals surface area contributed by atoms with E-state index >= 15 is 0 Å². The molecule has 0 aromatic heterocycles. The molecule has 5 saturated heterocycles. The molecule has 0 bridgehead atoms. The van der Waals surface area contributed by atoms with Crippen LogP contribution in [0.4, 0.5) is 0 Å². The molecule has 35 heteroatoms. The van der Waals surface area contributed by atoms with Gasteiger partial charge in [0.2, 0.25) is 5.24 Å². The van der Waals surface area contributed by atoms with Gasteiger partial charge in [0.15, 0.2) is 5.78 Å². The van der Waals surface area contributed by atoms with Crippen molar-refractivity contribution in [1.29, 1.82) is 0 Å². The molecule has 0 spiro atoms. The summed E-state index contributed by atoms with van der Waals surface area (Å²) in [4.78, 5) is 105. The fraction of sp³-hybridized carbons (Fsp3) is 0.692. The van der Waals surface area contributed by atoms with Crippen molar-refractivity contribution in [3.8, 4) is 0 Å². The van der Waals surface area contributed by atoms with Crippen molar-refractivity contribution in [2.75, 3.05) is 19.8 Å². The molecule has 29 nitrogen and oxygen atoms in total. The summed E-state index contributed by atoms with van der Waals surface area (Å²) >= 11 is 16.1. The number of azide groups is 3. The number of nitrogens with zero attached hydrogens (tertiary/aromatic N) is 9. The van der Waals surface area contributed by atoms with Crippen LogP contribution in [0, 0.1) is 146 Å². The molecule has 772 valence electrons. The summed E-state index contributed by atoms with van der Waals surface area (Å²) in [5.41, 5.74) is 35.8. The number of aliphatic hydroxyl groups is 1. The number of esters is 5. The van der Waals surface area contributed by atoms with E-state index in [0.717, 1.165) is 53.0 Å². The topological polar surface area (TPSA) is 443 Å². The summed E-state index contributed by atoms with van der Waals surface area (Å²) in [5.74, 6) is -1.26. The van der Waals surface area contributed by atoms with Gasteiger partial charge in [-0.25, -0.2) is 0 Å². The predicted molar refractivity (Wildman–Crippen MR) is 559 cm³/mol. The molecule has 0 saturated carbocycles. The largest absolute Gasteiger partial charge is 0.481 e. The smallest absolute Gasteiger partial charge is 0.373 e. The number of cyclic esters (lactones) is 5. The first kappa shape index (κ1) is 124. The molecule has 4 aromatic rings. The molecule has 20 atom stereocenters. The van der Waals surface area contributed by atoms with E-state index < -0.39 is 73.6 Å². The van der Waals surface area contributed by atoms with Gasteiger partial charge in [-0.2, -0.15) is 0 Å². The number of benzene rings is 4. The minimum Gasteiger partial charge on any atom is -0.481 e. The summed E-state index contributed by atoms with van der Waals surface area (Å²) in [7, 11) is -1.30. The van der Waals surface area contributed by atoms with E-state index in [1.54, 1.807) is 13.6 Å². The molecule has 0 radical (unpaired) electrons. The number of nitrogens with one attached hydrogen (secondary N) is 2. The normalized spacial score (nSPS) is 21.5. The lowest BCUT2D eigenvalue weighted by Crippen LogP contribution is -2.48. The van der Waals surface area contributed by atoms with Crippen molar-refractivity contribution < 1.29 is 87.0 Å². The zero-order valence-corrected chi connectivity index (χ0v) is 92.3. The van der Waals surface area contributed by atoms with Crippen molar-refractivity contribution in [3.63, 3.8) is 0 Å². The zero-order chi connectivity index (χ0) is 105. The number of carboxylic acids is 1. The minimum atomic E-state index is -0.923. The number of carbonyl (C=O) groups is 8. The number of hydrogen-bond donors (Lipinski definition) is 6. The Hall–Kier alpha value is -7.41. The Labute approximate surface area is 857 Å². The number of halogens is 4. The van der Waals surface area contributed by atoms with Crippen LogP contribution in [0.1, 0.15) is 252 Å². The van der Waals surface area contributed by atoms with Gasteiger partial charge < -0.3 is 59.1 Å². The molecule has 5 aliphatic heterocycles. The van der Waals surface area contributed by atoms with Crippen molar-refractivity contribution in [2.45, 2.75) is 324 Å². The maximum atomic E-state index is 13.2. The minimum absolute atomic E-state index is 0.0126. The van der Waals surface area contributed by atoms with E-state index in [-0.39, 0.29) is 156 Å². The number of rotatable bonds is 45. The summed E-state index contributed by atoms with van der Waals surface area (Å²) in [6.07, 6.45) is 6.31. The first-order valence-electron chi connectivity index (χ1n) is 49.7. The highest BCUT2D eigenvalue weighted by atomic mass is 79.9. The van der Waals surface area contributed by atoms with Crippen LogP contribution in [0.2, 0.25) is 13.6 Å². The number of aryl methyl sites for hydroxylation is 4. The van der Waals surface area contributed by atoms with Crippen LogP contribution in [0.25, 0.3) is 31.3 Å². The zero-order valence-electron chi connectivity index (χ0n) is 86.8. The third-order valence-electron chi connectivity index (χ3n) is 27.8. The Morgan fingerprint density at radius 3 is 1.08 bits per heavy atom. The van der Waals surface area contributed by atoms with Gasteiger partial charge >= 0.3 is 49.9 Å². The number of aliphatic hydroxyl groups excluding tert-OH is 1. The highest BCUT2D eigenvalue weighted by Gasteiger charge is 2.48. The van der Waals surface area contributed by atoms with E-state index in [0.29, 0.717) is 81.0 Å². The monoisotopic (exact) mass is 2140 g/mol. The Bertz CT molecular complexity index is 4620. The highest BCUT2D eigenvalue weighted by molar-refractivity contribution is 9.11. The fourth-order valence-corrected chi connectivity index (χ4v) is 19.7. The highest BCUT2D eigenvalue weighted by Crippen LogP contribution is 2.41. The first-order chi connectivity index (χ1) is 65.2. The quantitative estimate of drug-likeness (QED) is 0.00275. The maximum absolute atomic E-state index is 13.2. The first-order valence-corrected chi connectivity index (χ1v) is 52.5. The van der Waals surface area contributed by atoms with Crippen molar-refractivity contribution in [2.24, 2.45) is 134 Å². The van der Waals surface area contributed by atoms with Crippen LogP contribution in [-0.2, 0) is 81.2 Å². The van der Waals surface area contributed by atoms with Gasteiger partial charge in [-0.05, 0) is 281 Å². The number of ketones is 1. The molecule has 139 heavy (non-hydrogen) atoms. The Morgan fingerprint density at radius 1 is 0.446 bits per heavy atom. The Kier molecular flexibility index (Phi) is 55.0. The SMILES string of the molecule is CB(O)N[C@@H](C[C@H](Cc1ccc(C)c(Br)c1)C(C)C)[C@@H]1C[C@@H](C(C)C)C(=O)O1.CB(O)N[C@@H](C[C@H](Cc1ccc(C)c(CCOCCO)c1)C(C)C)[C@@H]1C[C@@H](C(C)C)C(=O)O1.CC(C)[C@H](C[C@H](N=[N+]=[N-])[C@@H]1C[C@@H](C(C)C)C(=O)O1)C(=O)Cl.CC(C)[C@H](C[C@H](N=[N+]=[N-])[C@@H]1C[C@@H](C(C)C)C(=O)O1)C(=O)O.Cc1ccc(C(=O)[C@@H](C[C@H](N=[N+]=[N-])[C@@H]2C[C@@H](C(C)C)C(=O)O2)C(C)C)cc1Br.Cc1ccccc1Br. The lowest BCUT2D eigenvalue weighted by atomic mass is 9.78. The molecular formula is C104H159B2Br3ClN11O18. The van der Waals surface area contributed by atoms with E-state index in [4.69, 9.17) is 61.7 Å². The summed E-state index contributed by atoms with van der Waals surface area (Å²) < 4.78 is 36.4. The second-order valence-electron chi connectivity index (χ2n) is 41.8. The van der Waals surface area contributed by atoms with Gasteiger partial charge in [0, 0.05) is 57.6 Å². The standard InChI is InChI=1S/C26H44BNO5.C22H35BBrNO3.C21H28BrN3O3.C14H22ClN3O3.C14H23N3O4.C7H7Br/c1-17(2)22(14-20-8-7-19(5)21(13-20)9-11-32-12-10-29)15-24(28-27(6)31)25-16-23(18(3)4)26(30)33-25;1-13(2)17(9-16-8-7-15(5)19(24)10-16)11-20(25-23(6)27)21-12-18(14(3)4)22(26)28-21;1-11(2)15(20(26)14-7-6-13(5)17(22)8-14)9-18(24-25-23)19-10-16(12(3)4)21(27)28-19;1-7(2)9(13(15)19)5-11(17-18-16)12-6-10(8(3)4)14(20)21-12;1-7(2)9(13(18)19)5-11(16-17-15)12-6-10(8(3)4)14(20)21-12;1-6-4-2-3-5-7(6)8/h7-8,13,17-18,22-25,28-29,31H,9-12,14-16H2,1-6H3;7-8,10,13-14,17-18,20-21,25,27H,9,11-12H2,1-6H3;6-8,11-12,15-16,18-19H,9-10H2,1-5H3;7-12H,5-6H2,1-4H3;7-12H,5-6H2,1-4H3,(H,18,19);2-5H,1H3/t22-,23-,24-,25-;17-,18-,20-,21-;15-,16-,18-,19-;2*9-,10-,11-,12-;/m00000./s1. The summed E-state index contributed by atoms with van der Waals surface area (Å²) in [5, 5.41) is 55.6. The second-order valence-corrected chi connectivity index (χ2v) is 44.8. The van der Waals surface area contributed by atoms with Gasteiger partial charge in [-0.1, -0.05) is 262 Å². The lowest BCUT2D eigenvalue weighted by Gasteiger charge is -2.31. The van der Waals surface area contributed by atoms with Gasteiger partial charge in [0.25, 0.3) is 0 Å². The second kappa shape index (κ2) is 61.7.